The predicted octanol–water partition coefficient (Wildman–Crippen LogP) is 4.46. The summed E-state index contributed by atoms with van der Waals surface area (Å²) in [5.41, 5.74) is 0.0182. The van der Waals surface area contributed by atoms with Crippen LogP contribution in [0.3, 0.4) is 0 Å². The van der Waals surface area contributed by atoms with Crippen molar-refractivity contribution >= 4 is 29.9 Å². The van der Waals surface area contributed by atoms with Crippen molar-refractivity contribution in [1.82, 2.24) is 0 Å². The number of hydrogen-bond donors (Lipinski definition) is 1. The van der Waals surface area contributed by atoms with Crippen LogP contribution in [0.5, 0.6) is 11.5 Å². The van der Waals surface area contributed by atoms with Crippen molar-refractivity contribution in [1.29, 1.82) is 0 Å². The van der Waals surface area contributed by atoms with Gasteiger partial charge in [-0.1, -0.05) is 24.3 Å². The minimum absolute atomic E-state index is 0.0604. The fourth-order valence-corrected chi connectivity index (χ4v) is 3.76. The standard InChI is InChI=1S/C13H18BNO5.C12H9NO6/c1-12(2)13(3,4)20-14(19-12)9-7-6-8-10(15(16)17)11(9)18-5;1-18-11-8(3-2-4-9(11)13(16)17)7-5-10(12(14)15)19-6-7/h6-8H,1-5H3;2-6H,1H3,(H,14,15). The maximum absolute atomic E-state index is 11.0. The smallest absolute Gasteiger partial charge is 0.490 e. The van der Waals surface area contributed by atoms with Gasteiger partial charge in [-0.25, -0.2) is 4.79 Å². The number of benzene rings is 2. The van der Waals surface area contributed by atoms with Gasteiger partial charge in [0.2, 0.25) is 11.5 Å². The minimum atomic E-state index is -1.21. The molecule has 0 radical (unpaired) electrons. The van der Waals surface area contributed by atoms with Crippen molar-refractivity contribution in [3.8, 4) is 22.6 Å². The Labute approximate surface area is 223 Å². The van der Waals surface area contributed by atoms with Gasteiger partial charge in [0.05, 0.1) is 41.5 Å². The van der Waals surface area contributed by atoms with Gasteiger partial charge in [-0.3, -0.25) is 20.2 Å². The van der Waals surface area contributed by atoms with E-state index in [4.69, 9.17) is 28.3 Å². The zero-order valence-electron chi connectivity index (χ0n) is 22.1. The molecule has 13 nitrogen and oxygen atoms in total. The van der Waals surface area contributed by atoms with Crippen molar-refractivity contribution in [2.24, 2.45) is 0 Å². The van der Waals surface area contributed by atoms with Gasteiger partial charge in [0.25, 0.3) is 0 Å². The number of para-hydroxylation sites is 2. The largest absolute Gasteiger partial charge is 0.498 e. The maximum Gasteiger partial charge on any atom is 0.498 e. The van der Waals surface area contributed by atoms with E-state index in [1.165, 1.54) is 44.7 Å². The molecule has 1 aromatic heterocycles. The molecule has 2 aromatic carbocycles. The molecule has 0 bridgehead atoms. The number of ether oxygens (including phenoxy) is 2. The first-order valence-corrected chi connectivity index (χ1v) is 11.5. The number of carboxylic acid groups (broad SMARTS) is 1. The number of hydrogen-bond acceptors (Lipinski definition) is 10. The fraction of sp³-hybridized carbons (Fsp3) is 0.320. The third-order valence-electron chi connectivity index (χ3n) is 6.45. The average Bonchev–Trinajstić information content (AvgIpc) is 3.45. The first-order chi connectivity index (χ1) is 18.2. The van der Waals surface area contributed by atoms with E-state index in [2.05, 4.69) is 0 Å². The summed E-state index contributed by atoms with van der Waals surface area (Å²) in [5, 5.41) is 30.7. The van der Waals surface area contributed by atoms with Crippen LogP contribution in [0.25, 0.3) is 11.1 Å². The number of nitrogens with zero attached hydrogens (tertiary/aromatic N) is 2. The lowest BCUT2D eigenvalue weighted by molar-refractivity contribution is -0.385. The predicted molar refractivity (Wildman–Crippen MR) is 140 cm³/mol. The van der Waals surface area contributed by atoms with Crippen LogP contribution < -0.4 is 14.9 Å². The van der Waals surface area contributed by atoms with Crippen LogP contribution in [0.4, 0.5) is 11.4 Å². The first kappa shape index (κ1) is 29.1. The minimum Gasteiger partial charge on any atom is -0.490 e. The summed E-state index contributed by atoms with van der Waals surface area (Å²) in [6.07, 6.45) is 1.21. The summed E-state index contributed by atoms with van der Waals surface area (Å²) in [4.78, 5) is 31.6. The summed E-state index contributed by atoms with van der Waals surface area (Å²) in [6.45, 7) is 7.71. The number of nitro benzene ring substituents is 2. The molecule has 1 aliphatic rings. The van der Waals surface area contributed by atoms with Gasteiger partial charge in [-0.05, 0) is 33.8 Å². The molecule has 0 spiro atoms. The average molecular weight is 542 g/mol. The highest BCUT2D eigenvalue weighted by atomic mass is 16.7. The Balaban J connectivity index is 0.000000216. The Hall–Kier alpha value is -4.43. The van der Waals surface area contributed by atoms with Crippen molar-refractivity contribution in [3.63, 3.8) is 0 Å². The van der Waals surface area contributed by atoms with E-state index in [-0.39, 0.29) is 28.6 Å². The molecule has 0 aliphatic carbocycles. The molecule has 2 heterocycles. The van der Waals surface area contributed by atoms with Crippen LogP contribution in [0.1, 0.15) is 38.2 Å². The molecular formula is C25H27BN2O11. The molecular weight excluding hydrogens is 515 g/mol. The zero-order valence-corrected chi connectivity index (χ0v) is 22.1. The van der Waals surface area contributed by atoms with Gasteiger partial charge < -0.3 is 28.3 Å². The summed E-state index contributed by atoms with van der Waals surface area (Å²) in [6, 6.07) is 10.4. The second-order valence-electron chi connectivity index (χ2n) is 9.36. The van der Waals surface area contributed by atoms with Crippen molar-refractivity contribution in [3.05, 3.63) is 74.7 Å². The van der Waals surface area contributed by atoms with E-state index < -0.39 is 34.1 Å². The molecule has 39 heavy (non-hydrogen) atoms. The summed E-state index contributed by atoms with van der Waals surface area (Å²) in [5.74, 6) is -1.22. The molecule has 3 aromatic rings. The lowest BCUT2D eigenvalue weighted by Gasteiger charge is -2.32. The Morgan fingerprint density at radius 3 is 1.87 bits per heavy atom. The quantitative estimate of drug-likeness (QED) is 0.254. The molecule has 1 fully saturated rings. The molecule has 14 heteroatoms. The van der Waals surface area contributed by atoms with Crippen molar-refractivity contribution < 1.29 is 42.9 Å². The third-order valence-corrected chi connectivity index (χ3v) is 6.45. The monoisotopic (exact) mass is 542 g/mol. The lowest BCUT2D eigenvalue weighted by Crippen LogP contribution is -2.41. The molecule has 0 atom stereocenters. The molecule has 0 amide bonds. The van der Waals surface area contributed by atoms with Crippen LogP contribution in [-0.2, 0) is 9.31 Å². The van der Waals surface area contributed by atoms with E-state index in [0.29, 0.717) is 16.6 Å². The second kappa shape index (κ2) is 11.1. The summed E-state index contributed by atoms with van der Waals surface area (Å²) < 4.78 is 26.9. The topological polar surface area (TPSA) is 174 Å². The van der Waals surface area contributed by atoms with E-state index in [1.807, 2.05) is 27.7 Å². The number of carbonyl (C=O) groups is 1. The maximum atomic E-state index is 11.0. The second-order valence-corrected chi connectivity index (χ2v) is 9.36. The Kier molecular flexibility index (Phi) is 8.32. The highest BCUT2D eigenvalue weighted by Crippen LogP contribution is 2.39. The van der Waals surface area contributed by atoms with E-state index in [9.17, 15) is 25.0 Å². The molecule has 1 saturated heterocycles. The number of carboxylic acids is 1. The third kappa shape index (κ3) is 5.86. The SMILES string of the molecule is COc1c(-c2coc(C(=O)O)c2)cccc1[N+](=O)[O-].COc1c(B2OC(C)(C)C(C)(C)O2)cccc1[N+](=O)[O-]. The summed E-state index contributed by atoms with van der Waals surface area (Å²) in [7, 11) is 2.02. The fourth-order valence-electron chi connectivity index (χ4n) is 3.76. The molecule has 1 aliphatic heterocycles. The molecule has 206 valence electrons. The number of rotatable bonds is 7. The van der Waals surface area contributed by atoms with Gasteiger partial charge in [-0.2, -0.15) is 0 Å². The Morgan fingerprint density at radius 2 is 1.41 bits per heavy atom. The zero-order chi connectivity index (χ0) is 29.1. The van der Waals surface area contributed by atoms with Gasteiger partial charge in [0.15, 0.2) is 5.75 Å². The van der Waals surface area contributed by atoms with Crippen LogP contribution >= 0.6 is 0 Å². The van der Waals surface area contributed by atoms with Gasteiger partial charge in [0.1, 0.15) is 0 Å². The van der Waals surface area contributed by atoms with Gasteiger partial charge >= 0.3 is 24.5 Å². The number of methoxy groups -OCH3 is 2. The van der Waals surface area contributed by atoms with Crippen LogP contribution in [0.15, 0.2) is 53.1 Å². The normalized spacial score (nSPS) is 15.2. The van der Waals surface area contributed by atoms with Crippen LogP contribution in [0, 0.1) is 20.2 Å². The van der Waals surface area contributed by atoms with Gasteiger partial charge in [0, 0.05) is 28.7 Å². The summed E-state index contributed by atoms with van der Waals surface area (Å²) >= 11 is 0. The molecule has 4 rings (SSSR count). The van der Waals surface area contributed by atoms with Crippen LogP contribution in [0.2, 0.25) is 0 Å². The molecule has 1 N–H and O–H groups in total. The van der Waals surface area contributed by atoms with Crippen molar-refractivity contribution in [2.45, 2.75) is 38.9 Å². The molecule has 0 saturated carbocycles. The highest BCUT2D eigenvalue weighted by Gasteiger charge is 2.53. The number of nitro groups is 2. The number of aromatic carboxylic acids is 1. The molecule has 0 unspecified atom stereocenters. The Bertz CT molecular complexity index is 1380. The van der Waals surface area contributed by atoms with Gasteiger partial charge in [-0.15, -0.1) is 0 Å². The Morgan fingerprint density at radius 1 is 0.897 bits per heavy atom. The van der Waals surface area contributed by atoms with E-state index >= 15 is 0 Å². The number of furan rings is 1. The van der Waals surface area contributed by atoms with E-state index in [0.717, 1.165) is 0 Å². The van der Waals surface area contributed by atoms with E-state index in [1.54, 1.807) is 18.2 Å². The lowest BCUT2D eigenvalue weighted by atomic mass is 9.78. The van der Waals surface area contributed by atoms with Crippen LogP contribution in [-0.4, -0.2) is 53.5 Å². The highest BCUT2D eigenvalue weighted by molar-refractivity contribution is 6.63. The van der Waals surface area contributed by atoms with Crippen molar-refractivity contribution in [2.75, 3.05) is 14.2 Å². The first-order valence-electron chi connectivity index (χ1n) is 11.5.